The molecule has 0 aliphatic rings. The summed E-state index contributed by atoms with van der Waals surface area (Å²) in [5, 5.41) is 0. The van der Waals surface area contributed by atoms with Crippen LogP contribution in [0.1, 0.15) is 5.56 Å². The molecule has 5 heteroatoms. The van der Waals surface area contributed by atoms with E-state index in [-0.39, 0.29) is 5.82 Å². The van der Waals surface area contributed by atoms with E-state index in [2.05, 4.69) is 0 Å². The number of rotatable bonds is 5. The summed E-state index contributed by atoms with van der Waals surface area (Å²) in [5.41, 5.74) is 0.939. The topological polar surface area (TPSA) is 27.7 Å². The summed E-state index contributed by atoms with van der Waals surface area (Å²) in [4.78, 5) is 0. The minimum absolute atomic E-state index is 0.252. The second-order valence-electron chi connectivity index (χ2n) is 3.10. The Labute approximate surface area is 90.1 Å². The van der Waals surface area contributed by atoms with Crippen molar-refractivity contribution < 1.29 is 17.7 Å². The zero-order chi connectivity index (χ0) is 11.3. The molecular formula is C10H15FO3Si. The third kappa shape index (κ3) is 3.10. The van der Waals surface area contributed by atoms with Crippen molar-refractivity contribution >= 4 is 8.80 Å². The Balaban J connectivity index is 2.78. The maximum absolute atomic E-state index is 12.7. The third-order valence-electron chi connectivity index (χ3n) is 2.27. The summed E-state index contributed by atoms with van der Waals surface area (Å²) >= 11 is 0. The van der Waals surface area contributed by atoms with E-state index in [1.165, 1.54) is 12.1 Å². The highest BCUT2D eigenvalue weighted by Gasteiger charge is 2.37. The van der Waals surface area contributed by atoms with Crippen molar-refractivity contribution in [3.8, 4) is 0 Å². The van der Waals surface area contributed by atoms with E-state index in [0.717, 1.165) is 5.56 Å². The maximum Gasteiger partial charge on any atom is 0.504 e. The quantitative estimate of drug-likeness (QED) is 0.722. The Morgan fingerprint density at radius 3 is 1.87 bits per heavy atom. The van der Waals surface area contributed by atoms with Crippen LogP contribution in [0.4, 0.5) is 4.39 Å². The highest BCUT2D eigenvalue weighted by Crippen LogP contribution is 2.14. The van der Waals surface area contributed by atoms with Crippen molar-refractivity contribution in [2.45, 2.75) is 6.04 Å². The van der Waals surface area contributed by atoms with Gasteiger partial charge in [0.05, 0.1) is 0 Å². The van der Waals surface area contributed by atoms with Gasteiger partial charge in [0.2, 0.25) is 0 Å². The lowest BCUT2D eigenvalue weighted by Gasteiger charge is -2.24. The van der Waals surface area contributed by atoms with E-state index < -0.39 is 8.80 Å². The molecule has 3 nitrogen and oxygen atoms in total. The van der Waals surface area contributed by atoms with Gasteiger partial charge < -0.3 is 13.3 Å². The van der Waals surface area contributed by atoms with Crippen LogP contribution in [0.25, 0.3) is 0 Å². The van der Waals surface area contributed by atoms with E-state index in [1.807, 2.05) is 0 Å². The smallest absolute Gasteiger partial charge is 0.377 e. The molecule has 0 saturated carbocycles. The molecular weight excluding hydrogens is 215 g/mol. The summed E-state index contributed by atoms with van der Waals surface area (Å²) < 4.78 is 28.5. The summed E-state index contributed by atoms with van der Waals surface area (Å²) in [6.45, 7) is 0. The average molecular weight is 230 g/mol. The Morgan fingerprint density at radius 1 is 1.00 bits per heavy atom. The van der Waals surface area contributed by atoms with E-state index in [1.54, 1.807) is 33.5 Å². The molecule has 0 aliphatic carbocycles. The number of hydrogen-bond donors (Lipinski definition) is 0. The standard InChI is InChI=1S/C10H15FO3Si/c1-12-15(13-2,14-3)8-9-4-6-10(11)7-5-9/h4-7H,8H2,1-3H3. The molecule has 0 radical (unpaired) electrons. The molecule has 0 heterocycles. The van der Waals surface area contributed by atoms with Crippen LogP contribution in [0.5, 0.6) is 0 Å². The van der Waals surface area contributed by atoms with Gasteiger partial charge in [-0.15, -0.1) is 0 Å². The van der Waals surface area contributed by atoms with Crippen molar-refractivity contribution in [3.63, 3.8) is 0 Å². The first-order valence-electron chi connectivity index (χ1n) is 4.55. The first-order valence-corrected chi connectivity index (χ1v) is 6.49. The Bertz CT molecular complexity index is 290. The first-order chi connectivity index (χ1) is 7.15. The molecule has 1 aromatic rings. The molecule has 0 aliphatic heterocycles. The van der Waals surface area contributed by atoms with Gasteiger partial charge in [0.1, 0.15) is 5.82 Å². The second-order valence-corrected chi connectivity index (χ2v) is 6.04. The molecule has 15 heavy (non-hydrogen) atoms. The zero-order valence-corrected chi connectivity index (χ0v) is 10.1. The fourth-order valence-corrected chi connectivity index (χ4v) is 2.99. The Hall–Kier alpha value is -0.753. The van der Waals surface area contributed by atoms with Crippen LogP contribution in [0, 0.1) is 5.82 Å². The van der Waals surface area contributed by atoms with Crippen molar-refractivity contribution in [1.82, 2.24) is 0 Å². The molecule has 0 bridgehead atoms. The van der Waals surface area contributed by atoms with E-state index in [0.29, 0.717) is 6.04 Å². The fourth-order valence-electron chi connectivity index (χ4n) is 1.32. The second kappa shape index (κ2) is 5.36. The van der Waals surface area contributed by atoms with Gasteiger partial charge in [-0.3, -0.25) is 0 Å². The van der Waals surface area contributed by atoms with Crippen molar-refractivity contribution in [2.75, 3.05) is 21.3 Å². The summed E-state index contributed by atoms with van der Waals surface area (Å²) in [5.74, 6) is -0.252. The molecule has 0 atom stereocenters. The van der Waals surface area contributed by atoms with Gasteiger partial charge >= 0.3 is 8.80 Å². The van der Waals surface area contributed by atoms with Gasteiger partial charge in [0.25, 0.3) is 0 Å². The normalized spacial score (nSPS) is 11.7. The molecule has 0 fully saturated rings. The van der Waals surface area contributed by atoms with Crippen LogP contribution in [0.2, 0.25) is 0 Å². The average Bonchev–Trinajstić information content (AvgIpc) is 2.29. The van der Waals surface area contributed by atoms with Crippen molar-refractivity contribution in [2.24, 2.45) is 0 Å². The van der Waals surface area contributed by atoms with E-state index >= 15 is 0 Å². The van der Waals surface area contributed by atoms with E-state index in [9.17, 15) is 4.39 Å². The molecule has 0 amide bonds. The molecule has 0 saturated heterocycles. The predicted octanol–water partition coefficient (Wildman–Crippen LogP) is 1.79. The zero-order valence-electron chi connectivity index (χ0n) is 9.12. The largest absolute Gasteiger partial charge is 0.504 e. The van der Waals surface area contributed by atoms with E-state index in [4.69, 9.17) is 13.3 Å². The van der Waals surface area contributed by atoms with Gasteiger partial charge in [0.15, 0.2) is 0 Å². The van der Waals surface area contributed by atoms with Gasteiger partial charge in [-0.05, 0) is 17.7 Å². The number of hydrogen-bond acceptors (Lipinski definition) is 3. The molecule has 1 rings (SSSR count). The minimum atomic E-state index is -2.60. The van der Waals surface area contributed by atoms with Crippen LogP contribution in [-0.2, 0) is 19.3 Å². The number of halogens is 1. The van der Waals surface area contributed by atoms with Gasteiger partial charge in [0, 0.05) is 27.4 Å². The first kappa shape index (κ1) is 12.3. The fraction of sp³-hybridized carbons (Fsp3) is 0.400. The molecule has 0 N–H and O–H groups in total. The van der Waals surface area contributed by atoms with Crippen molar-refractivity contribution in [3.05, 3.63) is 35.6 Å². The van der Waals surface area contributed by atoms with Gasteiger partial charge in [-0.1, -0.05) is 12.1 Å². The summed E-state index contributed by atoms with van der Waals surface area (Å²) in [7, 11) is 2.08. The lowest BCUT2D eigenvalue weighted by atomic mass is 10.2. The Kier molecular flexibility index (Phi) is 4.40. The molecule has 0 spiro atoms. The van der Waals surface area contributed by atoms with Crippen LogP contribution in [0.15, 0.2) is 24.3 Å². The highest BCUT2D eigenvalue weighted by atomic mass is 28.4. The SMILES string of the molecule is CO[Si](Cc1ccc(F)cc1)(OC)OC. The minimum Gasteiger partial charge on any atom is -0.377 e. The van der Waals surface area contributed by atoms with Gasteiger partial charge in [-0.2, -0.15) is 0 Å². The monoisotopic (exact) mass is 230 g/mol. The van der Waals surface area contributed by atoms with Gasteiger partial charge in [-0.25, -0.2) is 4.39 Å². The van der Waals surface area contributed by atoms with Crippen LogP contribution in [0.3, 0.4) is 0 Å². The Morgan fingerprint density at radius 2 is 1.47 bits per heavy atom. The van der Waals surface area contributed by atoms with Crippen LogP contribution in [-0.4, -0.2) is 30.1 Å². The predicted molar refractivity (Wildman–Crippen MR) is 56.9 cm³/mol. The van der Waals surface area contributed by atoms with Crippen LogP contribution >= 0.6 is 0 Å². The lowest BCUT2D eigenvalue weighted by Crippen LogP contribution is -2.45. The number of benzene rings is 1. The third-order valence-corrected chi connectivity index (χ3v) is 4.97. The molecule has 1 aromatic carbocycles. The molecule has 84 valence electrons. The summed E-state index contributed by atoms with van der Waals surface area (Å²) in [6.07, 6.45) is 0. The maximum atomic E-state index is 12.7. The van der Waals surface area contributed by atoms with Crippen LogP contribution < -0.4 is 0 Å². The lowest BCUT2D eigenvalue weighted by molar-refractivity contribution is 0.122. The summed E-state index contributed by atoms with van der Waals surface area (Å²) in [6, 6.07) is 6.77. The highest BCUT2D eigenvalue weighted by molar-refractivity contribution is 6.60. The van der Waals surface area contributed by atoms with Crippen molar-refractivity contribution in [1.29, 1.82) is 0 Å². The molecule has 0 aromatic heterocycles. The molecule has 0 unspecified atom stereocenters.